The Morgan fingerprint density at radius 2 is 1.83 bits per heavy atom. The average molecular weight is 316 g/mol. The molecule has 3 heterocycles. The third kappa shape index (κ3) is 1.82. The van der Waals surface area contributed by atoms with Crippen molar-refractivity contribution in [1.82, 2.24) is 0 Å². The Hall–Kier alpha value is -2.19. The molecule has 0 saturated carbocycles. The molecule has 0 unspecified atom stereocenters. The van der Waals surface area contributed by atoms with Gasteiger partial charge in [-0.25, -0.2) is 0 Å². The Morgan fingerprint density at radius 1 is 0.957 bits per heavy atom. The second kappa shape index (κ2) is 4.65. The summed E-state index contributed by atoms with van der Waals surface area (Å²) in [4.78, 5) is 0. The van der Waals surface area contributed by atoms with E-state index in [-0.39, 0.29) is 0 Å². The Labute approximate surface area is 139 Å². The summed E-state index contributed by atoms with van der Waals surface area (Å²) in [5, 5.41) is 2.78. The fourth-order valence-electron chi connectivity index (χ4n) is 3.77. The number of rotatable bonds is 0. The van der Waals surface area contributed by atoms with E-state index in [1.165, 1.54) is 48.1 Å². The van der Waals surface area contributed by atoms with Gasteiger partial charge in [0.2, 0.25) is 5.69 Å². The van der Waals surface area contributed by atoms with E-state index < -0.39 is 0 Å². The molecule has 0 atom stereocenters. The van der Waals surface area contributed by atoms with Crippen molar-refractivity contribution in [3.05, 3.63) is 65.4 Å². The van der Waals surface area contributed by atoms with Gasteiger partial charge in [0.05, 0.1) is 5.56 Å². The van der Waals surface area contributed by atoms with Crippen molar-refractivity contribution in [2.45, 2.75) is 26.8 Å². The zero-order chi connectivity index (χ0) is 15.6. The number of benzene rings is 2. The molecule has 0 radical (unpaired) electrons. The average Bonchev–Trinajstić information content (AvgIpc) is 2.94. The number of nitrogens with zero attached hydrogens (tertiary/aromatic N) is 1. The third-order valence-corrected chi connectivity index (χ3v) is 6.35. The van der Waals surface area contributed by atoms with Crippen LogP contribution in [0.2, 0.25) is 0 Å². The maximum atomic E-state index is 2.44. The van der Waals surface area contributed by atoms with Gasteiger partial charge in [0.25, 0.3) is 0 Å². The van der Waals surface area contributed by atoms with Gasteiger partial charge >= 0.3 is 0 Å². The third-order valence-electron chi connectivity index (χ3n) is 5.15. The summed E-state index contributed by atoms with van der Waals surface area (Å²) >= 11 is 1.94. The Kier molecular flexibility index (Phi) is 2.68. The molecule has 0 aliphatic carbocycles. The van der Waals surface area contributed by atoms with Crippen LogP contribution in [0.15, 0.2) is 48.7 Å². The van der Waals surface area contributed by atoms with Crippen molar-refractivity contribution in [1.29, 1.82) is 0 Å². The van der Waals surface area contributed by atoms with Crippen LogP contribution in [0.5, 0.6) is 0 Å². The van der Waals surface area contributed by atoms with E-state index in [0.717, 1.165) is 13.0 Å². The number of pyridine rings is 1. The van der Waals surface area contributed by atoms with Crippen LogP contribution < -0.4 is 4.57 Å². The standard InChI is InChI=1S/C21H18NS/c1-13-11-18-20-15(9-10-22(18)12-14(13)2)7-8-17-16-5-3-4-6-19(16)23-21(17)20/h3-8,11-12H,9-10H2,1-2H3/q+1. The van der Waals surface area contributed by atoms with Crippen LogP contribution in [0.25, 0.3) is 31.4 Å². The largest absolute Gasteiger partial charge is 0.214 e. The van der Waals surface area contributed by atoms with Crippen LogP contribution in [0.4, 0.5) is 0 Å². The number of aryl methyl sites for hydroxylation is 4. The van der Waals surface area contributed by atoms with Gasteiger partial charge in [0.15, 0.2) is 12.7 Å². The Balaban J connectivity index is 1.94. The second-order valence-electron chi connectivity index (χ2n) is 6.54. The first-order valence-corrected chi connectivity index (χ1v) is 8.98. The van der Waals surface area contributed by atoms with Crippen LogP contribution in [0.1, 0.15) is 16.7 Å². The van der Waals surface area contributed by atoms with Crippen molar-refractivity contribution in [3.8, 4) is 11.3 Å². The number of aromatic nitrogens is 1. The molecular formula is C21H18NS+. The summed E-state index contributed by atoms with van der Waals surface area (Å²) < 4.78 is 5.27. The maximum Gasteiger partial charge on any atom is 0.214 e. The predicted molar refractivity (Wildman–Crippen MR) is 98.1 cm³/mol. The zero-order valence-corrected chi connectivity index (χ0v) is 14.2. The highest BCUT2D eigenvalue weighted by Gasteiger charge is 2.26. The lowest BCUT2D eigenvalue weighted by molar-refractivity contribution is -0.687. The molecule has 2 aromatic heterocycles. The lowest BCUT2D eigenvalue weighted by Crippen LogP contribution is -2.40. The van der Waals surface area contributed by atoms with E-state index in [1.807, 2.05) is 11.3 Å². The van der Waals surface area contributed by atoms with E-state index in [0.29, 0.717) is 0 Å². The van der Waals surface area contributed by atoms with E-state index in [4.69, 9.17) is 0 Å². The van der Waals surface area contributed by atoms with Crippen LogP contribution in [0.3, 0.4) is 0 Å². The first-order chi connectivity index (χ1) is 11.2. The van der Waals surface area contributed by atoms with Crippen molar-refractivity contribution in [3.63, 3.8) is 0 Å². The first-order valence-electron chi connectivity index (χ1n) is 8.16. The quantitative estimate of drug-likeness (QED) is 0.393. The van der Waals surface area contributed by atoms with Gasteiger partial charge in [-0.05, 0) is 31.0 Å². The van der Waals surface area contributed by atoms with Crippen molar-refractivity contribution >= 4 is 31.5 Å². The molecule has 0 spiro atoms. The summed E-state index contributed by atoms with van der Waals surface area (Å²) in [5.41, 5.74) is 7.08. The van der Waals surface area contributed by atoms with Crippen molar-refractivity contribution < 1.29 is 4.57 Å². The smallest absolute Gasteiger partial charge is 0.198 e. The van der Waals surface area contributed by atoms with Gasteiger partial charge in [0, 0.05) is 38.2 Å². The Morgan fingerprint density at radius 3 is 2.74 bits per heavy atom. The number of fused-ring (bicyclic) bond motifs is 7. The monoisotopic (exact) mass is 316 g/mol. The number of hydrogen-bond donors (Lipinski definition) is 0. The van der Waals surface area contributed by atoms with E-state index in [1.54, 1.807) is 0 Å². The molecule has 0 amide bonds. The molecule has 1 aliphatic rings. The molecule has 0 fully saturated rings. The highest BCUT2D eigenvalue weighted by molar-refractivity contribution is 7.26. The molecule has 112 valence electrons. The number of thiophene rings is 1. The van der Waals surface area contributed by atoms with E-state index >= 15 is 0 Å². The van der Waals surface area contributed by atoms with Gasteiger partial charge in [-0.15, -0.1) is 11.3 Å². The molecule has 0 saturated heterocycles. The molecule has 2 aromatic carbocycles. The predicted octanol–water partition coefficient (Wildman–Crippen LogP) is 5.18. The van der Waals surface area contributed by atoms with E-state index in [9.17, 15) is 0 Å². The molecule has 0 N–H and O–H groups in total. The minimum Gasteiger partial charge on any atom is -0.198 e. The molecule has 2 heteroatoms. The highest BCUT2D eigenvalue weighted by Crippen LogP contribution is 2.42. The molecule has 23 heavy (non-hydrogen) atoms. The first kappa shape index (κ1) is 13.3. The fourth-order valence-corrected chi connectivity index (χ4v) is 5.05. The molecule has 0 bridgehead atoms. The second-order valence-corrected chi connectivity index (χ2v) is 7.59. The van der Waals surface area contributed by atoms with Crippen LogP contribution >= 0.6 is 11.3 Å². The zero-order valence-electron chi connectivity index (χ0n) is 13.4. The fraction of sp³-hybridized carbons (Fsp3) is 0.190. The summed E-state index contributed by atoms with van der Waals surface area (Å²) in [6, 6.07) is 15.8. The SMILES string of the molecule is Cc1cc2[n+](cc1C)CCc1ccc3c(sc4ccccc43)c1-2. The van der Waals surface area contributed by atoms with Gasteiger partial charge < -0.3 is 0 Å². The molecular weight excluding hydrogens is 298 g/mol. The van der Waals surface area contributed by atoms with Crippen molar-refractivity contribution in [2.75, 3.05) is 0 Å². The van der Waals surface area contributed by atoms with Crippen LogP contribution in [-0.4, -0.2) is 0 Å². The normalized spacial score (nSPS) is 13.3. The van der Waals surface area contributed by atoms with Gasteiger partial charge in [-0.2, -0.15) is 4.57 Å². The summed E-state index contributed by atoms with van der Waals surface area (Å²) in [7, 11) is 0. The van der Waals surface area contributed by atoms with Crippen molar-refractivity contribution in [2.24, 2.45) is 0 Å². The van der Waals surface area contributed by atoms with Gasteiger partial charge in [0.1, 0.15) is 0 Å². The summed E-state index contributed by atoms with van der Waals surface area (Å²) in [6.45, 7) is 5.51. The Bertz CT molecular complexity index is 1090. The maximum absolute atomic E-state index is 2.44. The van der Waals surface area contributed by atoms with Crippen LogP contribution in [0, 0.1) is 13.8 Å². The summed E-state index contributed by atoms with van der Waals surface area (Å²) in [6.07, 6.45) is 3.44. The van der Waals surface area contributed by atoms with Gasteiger partial charge in [-0.1, -0.05) is 30.3 Å². The molecule has 5 rings (SSSR count). The number of hydrogen-bond acceptors (Lipinski definition) is 1. The summed E-state index contributed by atoms with van der Waals surface area (Å²) in [5.74, 6) is 0. The lowest BCUT2D eigenvalue weighted by atomic mass is 9.94. The molecule has 4 aromatic rings. The minimum atomic E-state index is 1.08. The lowest BCUT2D eigenvalue weighted by Gasteiger charge is -2.16. The highest BCUT2D eigenvalue weighted by atomic mass is 32.1. The van der Waals surface area contributed by atoms with Gasteiger partial charge in [-0.3, -0.25) is 0 Å². The van der Waals surface area contributed by atoms with E-state index in [2.05, 4.69) is 67.1 Å². The molecule has 1 aliphatic heterocycles. The molecule has 1 nitrogen and oxygen atoms in total. The minimum absolute atomic E-state index is 1.08. The van der Waals surface area contributed by atoms with Crippen LogP contribution in [-0.2, 0) is 13.0 Å². The topological polar surface area (TPSA) is 3.88 Å².